The van der Waals surface area contributed by atoms with Crippen LogP contribution < -0.4 is 14.8 Å². The monoisotopic (exact) mass is 382 g/mol. The first-order chi connectivity index (χ1) is 12.3. The summed E-state index contributed by atoms with van der Waals surface area (Å²) in [6, 6.07) is 10.8. The third-order valence-corrected chi connectivity index (χ3v) is 4.58. The molecular formula is C17H16F2N2O4S. The summed E-state index contributed by atoms with van der Waals surface area (Å²) in [5.74, 6) is -0.590. The highest BCUT2D eigenvalue weighted by atomic mass is 32.2. The van der Waals surface area contributed by atoms with Gasteiger partial charge in [-0.05, 0) is 42.5 Å². The van der Waals surface area contributed by atoms with Gasteiger partial charge in [0.05, 0.1) is 4.90 Å². The van der Waals surface area contributed by atoms with Crippen molar-refractivity contribution in [3.63, 3.8) is 0 Å². The van der Waals surface area contributed by atoms with Gasteiger partial charge in [-0.1, -0.05) is 12.1 Å². The number of carbonyl (C=O) groups excluding carboxylic acids is 1. The lowest BCUT2D eigenvalue weighted by Crippen LogP contribution is -2.24. The summed E-state index contributed by atoms with van der Waals surface area (Å²) < 4.78 is 54.9. The summed E-state index contributed by atoms with van der Waals surface area (Å²) >= 11 is 0. The second-order valence-electron chi connectivity index (χ2n) is 5.03. The van der Waals surface area contributed by atoms with Crippen LogP contribution in [0.3, 0.4) is 0 Å². The Hall–Kier alpha value is -2.78. The second kappa shape index (κ2) is 8.54. The van der Waals surface area contributed by atoms with E-state index < -0.39 is 22.5 Å². The predicted molar refractivity (Wildman–Crippen MR) is 92.9 cm³/mol. The molecule has 9 heteroatoms. The predicted octanol–water partition coefficient (Wildman–Crippen LogP) is 3.00. The van der Waals surface area contributed by atoms with Crippen LogP contribution >= 0.6 is 0 Å². The van der Waals surface area contributed by atoms with Crippen LogP contribution in [0, 0.1) is 0 Å². The van der Waals surface area contributed by atoms with Crippen molar-refractivity contribution in [3.05, 3.63) is 66.7 Å². The molecule has 2 N–H and O–H groups in total. The van der Waals surface area contributed by atoms with Crippen LogP contribution in [-0.4, -0.2) is 27.5 Å². The number of alkyl halides is 2. The van der Waals surface area contributed by atoms with Crippen LogP contribution in [0.2, 0.25) is 0 Å². The normalized spacial score (nSPS) is 11.2. The summed E-state index contributed by atoms with van der Waals surface area (Å²) in [7, 11) is -3.76. The van der Waals surface area contributed by atoms with Gasteiger partial charge in [0, 0.05) is 17.8 Å². The van der Waals surface area contributed by atoms with Crippen LogP contribution in [0.4, 0.5) is 14.5 Å². The average molecular weight is 382 g/mol. The van der Waals surface area contributed by atoms with Crippen molar-refractivity contribution >= 4 is 21.6 Å². The van der Waals surface area contributed by atoms with Crippen molar-refractivity contribution in [2.45, 2.75) is 11.5 Å². The van der Waals surface area contributed by atoms with Gasteiger partial charge in [0.15, 0.2) is 0 Å². The Labute approximate surface area is 149 Å². The molecule has 26 heavy (non-hydrogen) atoms. The van der Waals surface area contributed by atoms with E-state index >= 15 is 0 Å². The molecule has 0 saturated heterocycles. The molecule has 0 saturated carbocycles. The van der Waals surface area contributed by atoms with Gasteiger partial charge in [-0.3, -0.25) is 4.79 Å². The van der Waals surface area contributed by atoms with Crippen molar-refractivity contribution in [2.75, 3.05) is 11.9 Å². The first-order valence-electron chi connectivity index (χ1n) is 7.38. The number of sulfonamides is 1. The van der Waals surface area contributed by atoms with E-state index in [1.807, 2.05) is 0 Å². The lowest BCUT2D eigenvalue weighted by molar-refractivity contribution is -0.0498. The van der Waals surface area contributed by atoms with E-state index in [1.54, 1.807) is 0 Å². The quantitative estimate of drug-likeness (QED) is 0.688. The highest BCUT2D eigenvalue weighted by molar-refractivity contribution is 7.89. The van der Waals surface area contributed by atoms with E-state index in [0.717, 1.165) is 0 Å². The fourth-order valence-electron chi connectivity index (χ4n) is 1.98. The van der Waals surface area contributed by atoms with Crippen molar-refractivity contribution in [2.24, 2.45) is 0 Å². The molecule has 2 rings (SSSR count). The molecule has 0 heterocycles. The molecule has 2 aromatic rings. The minimum absolute atomic E-state index is 0.0422. The number of anilines is 1. The zero-order chi connectivity index (χ0) is 19.2. The first-order valence-corrected chi connectivity index (χ1v) is 8.87. The van der Waals surface area contributed by atoms with Crippen LogP contribution in [0.1, 0.15) is 10.4 Å². The average Bonchev–Trinajstić information content (AvgIpc) is 2.61. The minimum atomic E-state index is -3.76. The zero-order valence-electron chi connectivity index (χ0n) is 13.5. The van der Waals surface area contributed by atoms with Gasteiger partial charge < -0.3 is 10.1 Å². The summed E-state index contributed by atoms with van der Waals surface area (Å²) in [4.78, 5) is 12.2. The van der Waals surface area contributed by atoms with E-state index in [4.69, 9.17) is 0 Å². The number of nitrogens with one attached hydrogen (secondary N) is 2. The van der Waals surface area contributed by atoms with Gasteiger partial charge >= 0.3 is 6.61 Å². The molecule has 138 valence electrons. The zero-order valence-corrected chi connectivity index (χ0v) is 14.3. The molecule has 6 nitrogen and oxygen atoms in total. The molecule has 1 amide bonds. The smallest absolute Gasteiger partial charge is 0.387 e. The number of halogens is 2. The Morgan fingerprint density at radius 1 is 1.19 bits per heavy atom. The van der Waals surface area contributed by atoms with Crippen LogP contribution in [0.25, 0.3) is 0 Å². The van der Waals surface area contributed by atoms with E-state index in [-0.39, 0.29) is 22.8 Å². The van der Waals surface area contributed by atoms with Crippen molar-refractivity contribution in [1.82, 2.24) is 4.72 Å². The summed E-state index contributed by atoms with van der Waals surface area (Å²) in [5, 5.41) is 2.55. The Morgan fingerprint density at radius 3 is 2.50 bits per heavy atom. The number of benzene rings is 2. The maximum atomic E-state index is 12.3. The van der Waals surface area contributed by atoms with Gasteiger partial charge in [-0.25, -0.2) is 13.1 Å². The fraction of sp³-hybridized carbons (Fsp3) is 0.118. The van der Waals surface area contributed by atoms with E-state index in [2.05, 4.69) is 21.4 Å². The van der Waals surface area contributed by atoms with E-state index in [0.29, 0.717) is 5.69 Å². The third-order valence-electron chi connectivity index (χ3n) is 3.16. The van der Waals surface area contributed by atoms with Crippen molar-refractivity contribution in [3.8, 4) is 5.75 Å². The molecule has 2 aromatic carbocycles. The molecule has 0 radical (unpaired) electrons. The van der Waals surface area contributed by atoms with Crippen LogP contribution in [-0.2, 0) is 10.0 Å². The molecule has 0 aliphatic heterocycles. The number of hydrogen-bond donors (Lipinski definition) is 2. The molecule has 0 fully saturated rings. The molecular weight excluding hydrogens is 366 g/mol. The van der Waals surface area contributed by atoms with Crippen molar-refractivity contribution in [1.29, 1.82) is 0 Å². The number of rotatable bonds is 8. The summed E-state index contributed by atoms with van der Waals surface area (Å²) in [6.45, 7) is 0.556. The molecule has 0 unspecified atom stereocenters. The molecule has 0 spiro atoms. The van der Waals surface area contributed by atoms with E-state index in [1.165, 1.54) is 54.6 Å². The molecule has 0 aromatic heterocycles. The largest absolute Gasteiger partial charge is 0.435 e. The maximum absolute atomic E-state index is 12.3. The van der Waals surface area contributed by atoms with E-state index in [9.17, 15) is 22.0 Å². The lowest BCUT2D eigenvalue weighted by atomic mass is 10.2. The molecule has 0 atom stereocenters. The van der Waals surface area contributed by atoms with Gasteiger partial charge in [0.1, 0.15) is 5.75 Å². The summed E-state index contributed by atoms with van der Waals surface area (Å²) in [5.41, 5.74) is 0.467. The van der Waals surface area contributed by atoms with Crippen LogP contribution in [0.15, 0.2) is 66.1 Å². The summed E-state index contributed by atoms with van der Waals surface area (Å²) in [6.07, 6.45) is 1.40. The molecule has 0 aliphatic carbocycles. The Morgan fingerprint density at radius 2 is 1.88 bits per heavy atom. The lowest BCUT2D eigenvalue weighted by Gasteiger charge is -2.09. The Balaban J connectivity index is 2.12. The number of hydrogen-bond acceptors (Lipinski definition) is 4. The molecule has 0 aliphatic rings. The van der Waals surface area contributed by atoms with Gasteiger partial charge in [-0.2, -0.15) is 8.78 Å². The number of ether oxygens (including phenoxy) is 1. The maximum Gasteiger partial charge on any atom is 0.387 e. The SMILES string of the molecule is C=CCNS(=O)(=O)c1cccc(C(=O)Nc2ccc(OC(F)F)cc2)c1. The highest BCUT2D eigenvalue weighted by Crippen LogP contribution is 2.19. The first kappa shape index (κ1) is 19.5. The Bertz CT molecular complexity index is 884. The van der Waals surface area contributed by atoms with Gasteiger partial charge in [-0.15, -0.1) is 6.58 Å². The van der Waals surface area contributed by atoms with Crippen LogP contribution in [0.5, 0.6) is 5.75 Å². The molecule has 0 bridgehead atoms. The minimum Gasteiger partial charge on any atom is -0.435 e. The highest BCUT2D eigenvalue weighted by Gasteiger charge is 2.15. The number of carbonyl (C=O) groups is 1. The van der Waals surface area contributed by atoms with Gasteiger partial charge in [0.2, 0.25) is 10.0 Å². The third kappa shape index (κ3) is 5.36. The second-order valence-corrected chi connectivity index (χ2v) is 6.79. The fourth-order valence-corrected chi connectivity index (χ4v) is 3.02. The standard InChI is InChI=1S/C17H16F2N2O4S/c1-2-10-20-26(23,24)15-5-3-4-12(11-15)16(22)21-13-6-8-14(9-7-13)25-17(18)19/h2-9,11,17,20H,1,10H2,(H,21,22). The van der Waals surface area contributed by atoms with Crippen molar-refractivity contribution < 1.29 is 26.7 Å². The van der Waals surface area contributed by atoms with Gasteiger partial charge in [0.25, 0.3) is 5.91 Å². The topological polar surface area (TPSA) is 84.5 Å². The Kier molecular flexibility index (Phi) is 6.42. The number of amides is 1.